The van der Waals surface area contributed by atoms with Gasteiger partial charge in [0.15, 0.2) is 0 Å². The third-order valence-electron chi connectivity index (χ3n) is 3.45. The third kappa shape index (κ3) is 3.27. The molecule has 0 radical (unpaired) electrons. The van der Waals surface area contributed by atoms with Crippen LogP contribution in [0.25, 0.3) is 0 Å². The Bertz CT molecular complexity index is 342. The number of aromatic nitrogens is 1. The lowest BCUT2D eigenvalue weighted by Crippen LogP contribution is -2.56. The van der Waals surface area contributed by atoms with Crippen molar-refractivity contribution in [3.63, 3.8) is 0 Å². The van der Waals surface area contributed by atoms with Crippen LogP contribution >= 0.6 is 0 Å². The predicted molar refractivity (Wildman–Crippen MR) is 70.8 cm³/mol. The molecule has 1 saturated heterocycles. The van der Waals surface area contributed by atoms with Gasteiger partial charge >= 0.3 is 0 Å². The second-order valence-corrected chi connectivity index (χ2v) is 5.88. The second kappa shape index (κ2) is 5.15. The van der Waals surface area contributed by atoms with Gasteiger partial charge < -0.3 is 5.32 Å². The minimum atomic E-state index is 0.308. The molecule has 0 saturated carbocycles. The van der Waals surface area contributed by atoms with Crippen LogP contribution in [0.3, 0.4) is 0 Å². The molecule has 17 heavy (non-hydrogen) atoms. The van der Waals surface area contributed by atoms with Crippen LogP contribution < -0.4 is 5.32 Å². The lowest BCUT2D eigenvalue weighted by molar-refractivity contribution is 0.0678. The van der Waals surface area contributed by atoms with Gasteiger partial charge in [-0.3, -0.25) is 9.88 Å². The number of rotatable bonds is 2. The number of hydrogen-bond donors (Lipinski definition) is 1. The fourth-order valence-corrected chi connectivity index (χ4v) is 2.49. The van der Waals surface area contributed by atoms with Crippen molar-refractivity contribution in [2.75, 3.05) is 19.6 Å². The topological polar surface area (TPSA) is 28.2 Å². The zero-order chi connectivity index (χ0) is 12.3. The van der Waals surface area contributed by atoms with Gasteiger partial charge in [-0.1, -0.05) is 26.8 Å². The highest BCUT2D eigenvalue weighted by Crippen LogP contribution is 2.26. The molecule has 3 nitrogen and oxygen atoms in total. The molecule has 0 amide bonds. The van der Waals surface area contributed by atoms with Crippen LogP contribution in [0, 0.1) is 5.41 Å². The maximum Gasteiger partial charge on any atom is 0.0544 e. The molecule has 1 atom stereocenters. The third-order valence-corrected chi connectivity index (χ3v) is 3.45. The van der Waals surface area contributed by atoms with Gasteiger partial charge in [-0.25, -0.2) is 0 Å². The van der Waals surface area contributed by atoms with Crippen LogP contribution in [0.5, 0.6) is 0 Å². The normalized spacial score (nSPS) is 22.6. The largest absolute Gasteiger partial charge is 0.314 e. The van der Waals surface area contributed by atoms with Crippen molar-refractivity contribution in [2.45, 2.75) is 33.4 Å². The Morgan fingerprint density at radius 1 is 1.41 bits per heavy atom. The van der Waals surface area contributed by atoms with E-state index in [9.17, 15) is 0 Å². The summed E-state index contributed by atoms with van der Waals surface area (Å²) in [5.41, 5.74) is 1.48. The SMILES string of the molecule is CC(C)(C)C1CNCCN1Cc1ccccn1. The van der Waals surface area contributed by atoms with Crippen molar-refractivity contribution in [2.24, 2.45) is 5.41 Å². The highest BCUT2D eigenvalue weighted by molar-refractivity contribution is 5.04. The number of nitrogens with one attached hydrogen (secondary N) is 1. The minimum absolute atomic E-state index is 0.308. The summed E-state index contributed by atoms with van der Waals surface area (Å²) in [6, 6.07) is 6.74. The van der Waals surface area contributed by atoms with Crippen LogP contribution in [0.15, 0.2) is 24.4 Å². The van der Waals surface area contributed by atoms with Gasteiger partial charge in [-0.2, -0.15) is 0 Å². The number of pyridine rings is 1. The summed E-state index contributed by atoms with van der Waals surface area (Å²) < 4.78 is 0. The summed E-state index contributed by atoms with van der Waals surface area (Å²) in [7, 11) is 0. The zero-order valence-corrected chi connectivity index (χ0v) is 11.1. The van der Waals surface area contributed by atoms with Gasteiger partial charge in [0.05, 0.1) is 5.69 Å². The lowest BCUT2D eigenvalue weighted by atomic mass is 9.84. The van der Waals surface area contributed by atoms with Gasteiger partial charge in [0, 0.05) is 38.4 Å². The van der Waals surface area contributed by atoms with Crippen molar-refractivity contribution < 1.29 is 0 Å². The molecule has 2 rings (SSSR count). The molecular formula is C14H23N3. The van der Waals surface area contributed by atoms with E-state index in [4.69, 9.17) is 0 Å². The summed E-state index contributed by atoms with van der Waals surface area (Å²) >= 11 is 0. The molecule has 0 spiro atoms. The molecule has 1 N–H and O–H groups in total. The Morgan fingerprint density at radius 3 is 2.88 bits per heavy atom. The monoisotopic (exact) mass is 233 g/mol. The van der Waals surface area contributed by atoms with Crippen molar-refractivity contribution in [3.05, 3.63) is 30.1 Å². The zero-order valence-electron chi connectivity index (χ0n) is 11.1. The molecule has 1 aliphatic rings. The van der Waals surface area contributed by atoms with Crippen molar-refractivity contribution in [1.82, 2.24) is 15.2 Å². The fourth-order valence-electron chi connectivity index (χ4n) is 2.49. The van der Waals surface area contributed by atoms with E-state index >= 15 is 0 Å². The van der Waals surface area contributed by atoms with E-state index in [0.717, 1.165) is 26.2 Å². The summed E-state index contributed by atoms with van der Waals surface area (Å²) in [5, 5.41) is 3.50. The highest BCUT2D eigenvalue weighted by Gasteiger charge is 2.32. The van der Waals surface area contributed by atoms with E-state index in [-0.39, 0.29) is 0 Å². The van der Waals surface area contributed by atoms with E-state index in [2.05, 4.69) is 48.1 Å². The summed E-state index contributed by atoms with van der Waals surface area (Å²) in [5.74, 6) is 0. The molecule has 3 heteroatoms. The smallest absolute Gasteiger partial charge is 0.0544 e. The Morgan fingerprint density at radius 2 is 2.24 bits per heavy atom. The van der Waals surface area contributed by atoms with Crippen molar-refractivity contribution in [3.8, 4) is 0 Å². The van der Waals surface area contributed by atoms with Gasteiger partial charge in [-0.05, 0) is 17.5 Å². The van der Waals surface area contributed by atoms with E-state index in [1.807, 2.05) is 12.3 Å². The number of piperazine rings is 1. The minimum Gasteiger partial charge on any atom is -0.314 e. The first-order chi connectivity index (χ1) is 8.07. The Hall–Kier alpha value is -0.930. The molecular weight excluding hydrogens is 210 g/mol. The molecule has 0 bridgehead atoms. The van der Waals surface area contributed by atoms with Crippen LogP contribution in [-0.2, 0) is 6.54 Å². The van der Waals surface area contributed by atoms with Crippen molar-refractivity contribution in [1.29, 1.82) is 0 Å². The maximum atomic E-state index is 4.43. The highest BCUT2D eigenvalue weighted by atomic mass is 15.2. The summed E-state index contributed by atoms with van der Waals surface area (Å²) in [6.45, 7) is 11.2. The molecule has 1 aliphatic heterocycles. The fraction of sp³-hybridized carbons (Fsp3) is 0.643. The average Bonchev–Trinajstić information content (AvgIpc) is 2.30. The maximum absolute atomic E-state index is 4.43. The molecule has 94 valence electrons. The second-order valence-electron chi connectivity index (χ2n) is 5.88. The molecule has 1 aromatic rings. The Kier molecular flexibility index (Phi) is 3.79. The van der Waals surface area contributed by atoms with Crippen LogP contribution in [0.2, 0.25) is 0 Å². The summed E-state index contributed by atoms with van der Waals surface area (Å²) in [4.78, 5) is 6.98. The first-order valence-electron chi connectivity index (χ1n) is 6.42. The number of nitrogens with zero attached hydrogens (tertiary/aromatic N) is 2. The molecule has 1 fully saturated rings. The molecule has 0 aromatic carbocycles. The van der Waals surface area contributed by atoms with Crippen LogP contribution in [0.4, 0.5) is 0 Å². The number of hydrogen-bond acceptors (Lipinski definition) is 3. The van der Waals surface area contributed by atoms with Gasteiger partial charge in [0.2, 0.25) is 0 Å². The molecule has 2 heterocycles. The van der Waals surface area contributed by atoms with E-state index in [1.54, 1.807) is 0 Å². The molecule has 1 aromatic heterocycles. The van der Waals surface area contributed by atoms with E-state index < -0.39 is 0 Å². The Balaban J connectivity index is 2.07. The van der Waals surface area contributed by atoms with E-state index in [0.29, 0.717) is 11.5 Å². The van der Waals surface area contributed by atoms with E-state index in [1.165, 1.54) is 5.69 Å². The van der Waals surface area contributed by atoms with Gasteiger partial charge in [-0.15, -0.1) is 0 Å². The van der Waals surface area contributed by atoms with Gasteiger partial charge in [0.25, 0.3) is 0 Å². The standard InChI is InChI=1S/C14H23N3/c1-14(2,3)13-10-15-8-9-17(13)11-12-6-4-5-7-16-12/h4-7,13,15H,8-11H2,1-3H3. The first-order valence-corrected chi connectivity index (χ1v) is 6.42. The predicted octanol–water partition coefficient (Wildman–Crippen LogP) is 1.90. The van der Waals surface area contributed by atoms with Crippen LogP contribution in [-0.4, -0.2) is 35.6 Å². The first kappa shape index (κ1) is 12.5. The molecule has 0 aliphatic carbocycles. The molecule has 1 unspecified atom stereocenters. The van der Waals surface area contributed by atoms with Crippen LogP contribution in [0.1, 0.15) is 26.5 Å². The van der Waals surface area contributed by atoms with Crippen molar-refractivity contribution >= 4 is 0 Å². The summed E-state index contributed by atoms with van der Waals surface area (Å²) in [6.07, 6.45) is 1.88. The Labute approximate surface area is 104 Å². The van der Waals surface area contributed by atoms with Gasteiger partial charge in [0.1, 0.15) is 0 Å². The quantitative estimate of drug-likeness (QED) is 0.845. The average molecular weight is 233 g/mol. The lowest BCUT2D eigenvalue weighted by Gasteiger charge is -2.43.